The van der Waals surface area contributed by atoms with Crippen LogP contribution in [0.5, 0.6) is 0 Å². The molecule has 0 radical (unpaired) electrons. The fourth-order valence-corrected chi connectivity index (χ4v) is 9.64. The van der Waals surface area contributed by atoms with Crippen LogP contribution in [-0.4, -0.2) is 112 Å². The summed E-state index contributed by atoms with van der Waals surface area (Å²) in [6.07, 6.45) is 14.2. The summed E-state index contributed by atoms with van der Waals surface area (Å²) in [6.45, 7) is 1.89. The molecule has 24 heteroatoms. The van der Waals surface area contributed by atoms with E-state index >= 15 is 0 Å². The van der Waals surface area contributed by atoms with Gasteiger partial charge in [-0.1, -0.05) is 6.92 Å². The van der Waals surface area contributed by atoms with E-state index in [1.54, 1.807) is 110 Å². The maximum atomic E-state index is 13.7. The lowest BCUT2D eigenvalue weighted by molar-refractivity contribution is -0.119. The second-order valence-corrected chi connectivity index (χ2v) is 19.9. The molecule has 80 heavy (non-hydrogen) atoms. The lowest BCUT2D eigenvalue weighted by atomic mass is 10.00. The Bertz CT molecular complexity index is 3850. The first-order chi connectivity index (χ1) is 38.1. The lowest BCUT2D eigenvalue weighted by Gasteiger charge is -2.11. The van der Waals surface area contributed by atoms with Crippen LogP contribution in [0.3, 0.4) is 0 Å². The zero-order chi connectivity index (χ0) is 57.3. The average molecular weight is 1090 g/mol. The van der Waals surface area contributed by atoms with Gasteiger partial charge in [-0.3, -0.25) is 38.4 Å². The number of aryl methyl sites for hydroxylation is 7. The molecule has 9 rings (SSSR count). The third-order valence-electron chi connectivity index (χ3n) is 13.8. The third-order valence-corrected chi connectivity index (χ3v) is 13.8. The van der Waals surface area contributed by atoms with Gasteiger partial charge in [-0.2, -0.15) is 0 Å². The summed E-state index contributed by atoms with van der Waals surface area (Å²) in [5.74, 6) is -1.65. The minimum atomic E-state index is -0.908. The predicted octanol–water partition coefficient (Wildman–Crippen LogP) is 4.38. The number of Topliss-reactive ketones (excluding diaryl/α,β-unsaturated/α-hetero) is 4. The molecule has 412 valence electrons. The Kier molecular flexibility index (Phi) is 15.5. The summed E-state index contributed by atoms with van der Waals surface area (Å²) in [7, 11) is 11.9. The highest BCUT2D eigenvalue weighted by Gasteiger charge is 2.26. The molecule has 8 aromatic rings. The standard InChI is InChI=1S/C56H60N16O8/c1-9-45(73)41-16-31(25-67(41)3)18-46(74)33-10-11-39-34(20-33)21-40(63-39)50-60-37(29-71(50)7)24-48(76)42-17-32(26-68(42)4)19-47(75)38(57)12-13-59-53(77)43-22-35(27-69(43)5)61-54(78)44-23-36(28-70(44)6)62-56(80)52-64-49(30-72(52)8)65-55(79)51-58-14-15-66(51)2/h10-11,14-17,20,22-23,25-30,38H,9,12-13,18-19,21,24,57H2,1-8H3,(H,59,77)(H,61,78)(H,62,80)(H,65,79)/t38-/m1/s1. The number of nitrogens with one attached hydrogen (secondary N) is 4. The summed E-state index contributed by atoms with van der Waals surface area (Å²) in [5.41, 5.74) is 13.2. The molecule has 1 atom stereocenters. The van der Waals surface area contributed by atoms with Gasteiger partial charge in [-0.05, 0) is 65.6 Å². The van der Waals surface area contributed by atoms with Crippen molar-refractivity contribution in [2.75, 3.05) is 22.5 Å². The molecule has 7 aromatic heterocycles. The fraction of sp³-hybridized carbons (Fsp3) is 0.286. The van der Waals surface area contributed by atoms with Gasteiger partial charge in [0.2, 0.25) is 5.82 Å². The zero-order valence-corrected chi connectivity index (χ0v) is 45.5. The largest absolute Gasteiger partial charge is 0.351 e. The van der Waals surface area contributed by atoms with Gasteiger partial charge in [-0.15, -0.1) is 0 Å². The van der Waals surface area contributed by atoms with Crippen molar-refractivity contribution in [3.63, 3.8) is 0 Å². The van der Waals surface area contributed by atoms with E-state index in [0.29, 0.717) is 64.0 Å². The number of ketones is 4. The van der Waals surface area contributed by atoms with E-state index in [1.807, 2.05) is 36.9 Å². The maximum Gasteiger partial charge on any atom is 0.292 e. The number of imidazole rings is 3. The van der Waals surface area contributed by atoms with E-state index in [-0.39, 0.29) is 84.2 Å². The molecule has 0 saturated heterocycles. The first-order valence-corrected chi connectivity index (χ1v) is 25.6. The average Bonchev–Trinajstić information content (AvgIpc) is 4.31. The number of aromatic nitrogens is 10. The number of nitrogens with zero attached hydrogens (tertiary/aromatic N) is 11. The summed E-state index contributed by atoms with van der Waals surface area (Å²) in [5, 5.41) is 10.9. The van der Waals surface area contributed by atoms with Crippen molar-refractivity contribution in [2.45, 2.75) is 51.5 Å². The van der Waals surface area contributed by atoms with Crippen LogP contribution in [0.2, 0.25) is 0 Å². The Balaban J connectivity index is 0.721. The molecule has 1 aromatic carbocycles. The molecule has 0 unspecified atom stereocenters. The number of hydrogen-bond acceptors (Lipinski definition) is 13. The molecule has 0 aliphatic carbocycles. The van der Waals surface area contributed by atoms with Crippen molar-refractivity contribution in [1.82, 2.24) is 52.2 Å². The molecule has 8 heterocycles. The van der Waals surface area contributed by atoms with Crippen molar-refractivity contribution in [2.24, 2.45) is 60.1 Å². The molecule has 0 bridgehead atoms. The van der Waals surface area contributed by atoms with E-state index in [1.165, 1.54) is 33.7 Å². The number of nitrogens with two attached hydrogens (primary N) is 1. The van der Waals surface area contributed by atoms with Crippen LogP contribution in [-0.2, 0) is 79.8 Å². The molecular formula is C56H60N16O8. The Morgan fingerprint density at radius 1 is 0.588 bits per heavy atom. The molecular weight excluding hydrogens is 1020 g/mol. The molecule has 0 fully saturated rings. The highest BCUT2D eigenvalue weighted by molar-refractivity contribution is 6.08. The smallest absolute Gasteiger partial charge is 0.292 e. The number of aliphatic imine (C=N–C) groups is 1. The first-order valence-electron chi connectivity index (χ1n) is 25.6. The second-order valence-electron chi connectivity index (χ2n) is 19.9. The van der Waals surface area contributed by atoms with Crippen LogP contribution >= 0.6 is 0 Å². The van der Waals surface area contributed by atoms with Gasteiger partial charge in [0, 0.05) is 137 Å². The van der Waals surface area contributed by atoms with Crippen LogP contribution in [0.1, 0.15) is 122 Å². The summed E-state index contributed by atoms with van der Waals surface area (Å²) < 4.78 is 11.3. The van der Waals surface area contributed by atoms with Crippen molar-refractivity contribution in [1.29, 1.82) is 0 Å². The van der Waals surface area contributed by atoms with E-state index < -0.39 is 29.7 Å². The number of amides is 4. The van der Waals surface area contributed by atoms with Crippen LogP contribution in [0.4, 0.5) is 22.9 Å². The van der Waals surface area contributed by atoms with Gasteiger partial charge in [0.15, 0.2) is 40.6 Å². The number of benzene rings is 1. The highest BCUT2D eigenvalue weighted by Crippen LogP contribution is 2.31. The number of anilines is 3. The van der Waals surface area contributed by atoms with Gasteiger partial charge < -0.3 is 59.0 Å². The Hall–Kier alpha value is -9.84. The van der Waals surface area contributed by atoms with Crippen LogP contribution in [0.25, 0.3) is 0 Å². The molecule has 1 aliphatic rings. The summed E-state index contributed by atoms with van der Waals surface area (Å²) in [6, 6.07) is 11.0. The molecule has 0 spiro atoms. The monoisotopic (exact) mass is 1080 g/mol. The Labute approximate surface area is 458 Å². The van der Waals surface area contributed by atoms with Gasteiger partial charge >= 0.3 is 0 Å². The second kappa shape index (κ2) is 22.6. The van der Waals surface area contributed by atoms with Crippen LogP contribution < -0.4 is 27.0 Å². The van der Waals surface area contributed by atoms with E-state index in [0.717, 1.165) is 16.8 Å². The summed E-state index contributed by atoms with van der Waals surface area (Å²) >= 11 is 0. The lowest BCUT2D eigenvalue weighted by Crippen LogP contribution is -2.36. The molecule has 6 N–H and O–H groups in total. The van der Waals surface area contributed by atoms with Crippen LogP contribution in [0.15, 0.2) is 97.0 Å². The number of carbonyl (C=O) groups is 8. The fourth-order valence-electron chi connectivity index (χ4n) is 9.64. The number of fused-ring (bicyclic) bond motifs is 1. The Morgan fingerprint density at radius 3 is 1.88 bits per heavy atom. The summed E-state index contributed by atoms with van der Waals surface area (Å²) in [4.78, 5) is 123. The first kappa shape index (κ1) is 54.9. The number of hydrogen-bond donors (Lipinski definition) is 5. The minimum Gasteiger partial charge on any atom is -0.351 e. The van der Waals surface area contributed by atoms with E-state index in [4.69, 9.17) is 15.7 Å². The van der Waals surface area contributed by atoms with E-state index in [2.05, 4.69) is 31.2 Å². The minimum absolute atomic E-state index is 0.00107. The van der Waals surface area contributed by atoms with Gasteiger partial charge in [0.25, 0.3) is 23.6 Å². The highest BCUT2D eigenvalue weighted by atomic mass is 16.2. The normalized spacial score (nSPS) is 12.2. The quantitative estimate of drug-likeness (QED) is 0.0591. The Morgan fingerprint density at radius 2 is 1.21 bits per heavy atom. The van der Waals surface area contributed by atoms with Gasteiger partial charge in [-0.25, -0.2) is 19.9 Å². The van der Waals surface area contributed by atoms with Crippen molar-refractivity contribution < 1.29 is 38.4 Å². The van der Waals surface area contributed by atoms with Gasteiger partial charge in [0.05, 0.1) is 52.3 Å². The third kappa shape index (κ3) is 11.8. The molecule has 0 saturated carbocycles. The van der Waals surface area contributed by atoms with Gasteiger partial charge in [0.1, 0.15) is 11.4 Å². The molecule has 4 amide bonds. The number of rotatable bonds is 22. The van der Waals surface area contributed by atoms with Crippen molar-refractivity contribution in [3.05, 3.63) is 160 Å². The van der Waals surface area contributed by atoms with Crippen molar-refractivity contribution >= 4 is 75.4 Å². The SMILES string of the molecule is CCC(=O)c1cc(CC(=O)c2ccc3c(c2)CC(c2nc(CC(=O)c4cc(CC(=O)[C@H](N)CCNC(=O)c5cc(NC(=O)c6cc(NC(=O)c7nc(NC(=O)c8nccn8C)cn7C)cn6C)cn5C)cn4C)cn2C)=N3)cn1C. The molecule has 24 nitrogen and oxygen atoms in total. The topological polar surface area (TPSA) is 296 Å². The molecule has 1 aliphatic heterocycles. The van der Waals surface area contributed by atoms with Crippen molar-refractivity contribution in [3.8, 4) is 0 Å². The number of carbonyl (C=O) groups excluding carboxylic acids is 8. The van der Waals surface area contributed by atoms with E-state index in [9.17, 15) is 38.4 Å². The maximum absolute atomic E-state index is 13.7. The van der Waals surface area contributed by atoms with Crippen LogP contribution in [0, 0.1) is 0 Å². The zero-order valence-electron chi connectivity index (χ0n) is 45.5. The predicted molar refractivity (Wildman–Crippen MR) is 296 cm³/mol.